The van der Waals surface area contributed by atoms with Gasteiger partial charge in [0, 0.05) is 7.15 Å². The predicted molar refractivity (Wildman–Crippen MR) is 76.0 cm³/mol. The minimum absolute atomic E-state index is 1.27. The van der Waals surface area contributed by atoms with E-state index in [1.165, 1.54) is 12.7 Å². The van der Waals surface area contributed by atoms with Gasteiger partial charge in [-0.3, -0.25) is 0 Å². The van der Waals surface area contributed by atoms with Gasteiger partial charge in [0.15, 0.2) is 0 Å². The highest BCUT2D eigenvalue weighted by Crippen LogP contribution is 2.22. The van der Waals surface area contributed by atoms with Crippen molar-refractivity contribution in [2.24, 2.45) is 0 Å². The second kappa shape index (κ2) is 5.80. The molecule has 0 atom stereocenters. The third-order valence-corrected chi connectivity index (χ3v) is 3.26. The van der Waals surface area contributed by atoms with Crippen LogP contribution in [0.4, 0.5) is 0 Å². The average Bonchev–Trinajstić information content (AvgIpc) is 2.15. The van der Waals surface area contributed by atoms with Gasteiger partial charge in [0.05, 0.1) is 0 Å². The van der Waals surface area contributed by atoms with Crippen molar-refractivity contribution < 1.29 is 0 Å². The molecule has 0 saturated carbocycles. The van der Waals surface area contributed by atoms with E-state index in [1.54, 1.807) is 0 Å². The number of halogens is 2. The minimum Gasteiger partial charge on any atom is -0.0876 e. The molecule has 0 nitrogen and oxygen atoms in total. The first-order valence-electron chi connectivity index (χ1n) is 3.98. The Balaban J connectivity index is 2.89. The molecule has 2 heteroatoms. The van der Waals surface area contributed by atoms with E-state index < -0.39 is 0 Å². The number of hydrogen-bond donors (Lipinski definition) is 0. The van der Waals surface area contributed by atoms with Crippen LogP contribution in [0.1, 0.15) is 12.5 Å². The highest BCUT2D eigenvalue weighted by molar-refractivity contribution is 14.1. The summed E-state index contributed by atoms with van der Waals surface area (Å²) in [6.07, 6.45) is 6.20. The summed E-state index contributed by atoms with van der Waals surface area (Å²) in [5, 5.41) is 0. The van der Waals surface area contributed by atoms with E-state index in [4.69, 9.17) is 0 Å². The van der Waals surface area contributed by atoms with Gasteiger partial charge in [0.25, 0.3) is 0 Å². The van der Waals surface area contributed by atoms with Crippen molar-refractivity contribution in [3.8, 4) is 0 Å². The Morgan fingerprint density at radius 1 is 1.23 bits per heavy atom. The van der Waals surface area contributed by atoms with Crippen LogP contribution in [-0.2, 0) is 0 Å². The molecule has 0 aliphatic heterocycles. The Morgan fingerprint density at radius 3 is 2.38 bits per heavy atom. The van der Waals surface area contributed by atoms with Gasteiger partial charge in [0.1, 0.15) is 0 Å². The second-order valence-electron chi connectivity index (χ2n) is 2.55. The Labute approximate surface area is 106 Å². The van der Waals surface area contributed by atoms with Crippen molar-refractivity contribution in [3.05, 3.63) is 51.6 Å². The van der Waals surface area contributed by atoms with Crippen molar-refractivity contribution in [3.63, 3.8) is 0 Å². The van der Waals surface area contributed by atoms with Crippen molar-refractivity contribution in [2.75, 3.05) is 0 Å². The van der Waals surface area contributed by atoms with E-state index >= 15 is 0 Å². The Bertz CT molecular complexity index is 320. The van der Waals surface area contributed by atoms with Crippen LogP contribution in [0.5, 0.6) is 0 Å². The number of allylic oxidation sites excluding steroid dienone is 3. The highest BCUT2D eigenvalue weighted by Gasteiger charge is 1.94. The topological polar surface area (TPSA) is 0 Å². The van der Waals surface area contributed by atoms with Crippen molar-refractivity contribution in [2.45, 2.75) is 6.92 Å². The SMILES string of the molecule is C/C=C\C=C(/I)c1ccc(I)cc1. The third-order valence-electron chi connectivity index (χ3n) is 1.55. The lowest BCUT2D eigenvalue weighted by molar-refractivity contribution is 1.60. The molecule has 0 aliphatic rings. The average molecular weight is 396 g/mol. The molecule has 13 heavy (non-hydrogen) atoms. The van der Waals surface area contributed by atoms with E-state index in [2.05, 4.69) is 81.6 Å². The maximum atomic E-state index is 2.35. The van der Waals surface area contributed by atoms with Gasteiger partial charge < -0.3 is 0 Å². The van der Waals surface area contributed by atoms with Crippen LogP contribution in [0.15, 0.2) is 42.5 Å². The monoisotopic (exact) mass is 396 g/mol. The van der Waals surface area contributed by atoms with Crippen LogP contribution in [0.25, 0.3) is 3.58 Å². The number of rotatable bonds is 2. The van der Waals surface area contributed by atoms with E-state index in [9.17, 15) is 0 Å². The molecular weight excluding hydrogens is 386 g/mol. The summed E-state index contributed by atoms with van der Waals surface area (Å²) >= 11 is 4.66. The lowest BCUT2D eigenvalue weighted by atomic mass is 10.2. The largest absolute Gasteiger partial charge is 0.0876 e. The maximum absolute atomic E-state index is 2.35. The molecule has 0 spiro atoms. The first-order chi connectivity index (χ1) is 6.24. The van der Waals surface area contributed by atoms with E-state index in [0.717, 1.165) is 0 Å². The van der Waals surface area contributed by atoms with Gasteiger partial charge in [-0.2, -0.15) is 0 Å². The van der Waals surface area contributed by atoms with Gasteiger partial charge in [-0.25, -0.2) is 0 Å². The zero-order chi connectivity index (χ0) is 9.68. The minimum atomic E-state index is 1.27. The molecule has 1 aromatic carbocycles. The van der Waals surface area contributed by atoms with Crippen molar-refractivity contribution in [1.29, 1.82) is 0 Å². The molecule has 1 rings (SSSR count). The van der Waals surface area contributed by atoms with Gasteiger partial charge in [-0.05, 0) is 75.9 Å². The van der Waals surface area contributed by atoms with Gasteiger partial charge >= 0.3 is 0 Å². The Morgan fingerprint density at radius 2 is 1.85 bits per heavy atom. The van der Waals surface area contributed by atoms with Gasteiger partial charge in [0.2, 0.25) is 0 Å². The lowest BCUT2D eigenvalue weighted by Gasteiger charge is -1.98. The van der Waals surface area contributed by atoms with E-state index in [-0.39, 0.29) is 0 Å². The van der Waals surface area contributed by atoms with Crippen LogP contribution in [0.2, 0.25) is 0 Å². The molecule has 0 radical (unpaired) electrons. The second-order valence-corrected chi connectivity index (χ2v) is 4.96. The fraction of sp³-hybridized carbons (Fsp3) is 0.0909. The molecule has 0 saturated heterocycles. The number of benzene rings is 1. The first kappa shape index (κ1) is 11.2. The summed E-state index contributed by atoms with van der Waals surface area (Å²) in [4.78, 5) is 0. The summed E-state index contributed by atoms with van der Waals surface area (Å²) in [6, 6.07) is 8.53. The standard InChI is InChI=1S/C11H10I2/c1-2-3-4-11(13)9-5-7-10(12)8-6-9/h2-8H,1H3/b3-2-,11-4-. The summed E-state index contributed by atoms with van der Waals surface area (Å²) in [5.74, 6) is 0. The molecule has 0 unspecified atom stereocenters. The molecule has 0 heterocycles. The van der Waals surface area contributed by atoms with Crippen LogP contribution < -0.4 is 0 Å². The predicted octanol–water partition coefficient (Wildman–Crippen LogP) is 4.64. The summed E-state index contributed by atoms with van der Waals surface area (Å²) < 4.78 is 2.55. The van der Waals surface area contributed by atoms with Gasteiger partial charge in [-0.1, -0.05) is 24.3 Å². The Hall–Kier alpha value is 0.160. The number of hydrogen-bond acceptors (Lipinski definition) is 0. The van der Waals surface area contributed by atoms with E-state index in [0.29, 0.717) is 0 Å². The molecule has 1 aromatic rings. The Kier molecular flexibility index (Phi) is 5.01. The molecule has 0 aliphatic carbocycles. The summed E-state index contributed by atoms with van der Waals surface area (Å²) in [7, 11) is 0. The van der Waals surface area contributed by atoms with Crippen molar-refractivity contribution in [1.82, 2.24) is 0 Å². The summed E-state index contributed by atoms with van der Waals surface area (Å²) in [5.41, 5.74) is 1.28. The zero-order valence-electron chi connectivity index (χ0n) is 7.30. The van der Waals surface area contributed by atoms with Crippen LogP contribution in [-0.4, -0.2) is 0 Å². The fourth-order valence-corrected chi connectivity index (χ4v) is 1.81. The normalized spacial score (nSPS) is 12.4. The maximum Gasteiger partial charge on any atom is 0.0202 e. The molecular formula is C11H10I2. The summed E-state index contributed by atoms with van der Waals surface area (Å²) in [6.45, 7) is 2.02. The molecule has 0 amide bonds. The lowest BCUT2D eigenvalue weighted by Crippen LogP contribution is -1.76. The fourth-order valence-electron chi connectivity index (χ4n) is 0.886. The quantitative estimate of drug-likeness (QED) is 0.505. The van der Waals surface area contributed by atoms with Crippen LogP contribution in [0.3, 0.4) is 0 Å². The highest BCUT2D eigenvalue weighted by atomic mass is 127. The smallest absolute Gasteiger partial charge is 0.0202 e. The molecule has 0 fully saturated rings. The third kappa shape index (κ3) is 3.81. The molecule has 0 bridgehead atoms. The van der Waals surface area contributed by atoms with Crippen LogP contribution >= 0.6 is 45.2 Å². The van der Waals surface area contributed by atoms with Crippen LogP contribution in [0, 0.1) is 3.57 Å². The molecule has 68 valence electrons. The van der Waals surface area contributed by atoms with Crippen molar-refractivity contribution >= 4 is 48.8 Å². The van der Waals surface area contributed by atoms with Gasteiger partial charge in [-0.15, -0.1) is 0 Å². The molecule has 0 aromatic heterocycles. The van der Waals surface area contributed by atoms with E-state index in [1.807, 2.05) is 13.0 Å². The first-order valence-corrected chi connectivity index (χ1v) is 6.14. The molecule has 0 N–H and O–H groups in total. The zero-order valence-corrected chi connectivity index (χ0v) is 11.6.